The summed E-state index contributed by atoms with van der Waals surface area (Å²) in [7, 11) is 2.07. The number of rotatable bonds is 2. The molecular weight excluding hydrogens is 255 g/mol. The molecule has 4 heteroatoms. The highest BCUT2D eigenvalue weighted by Crippen LogP contribution is 2.38. The van der Waals surface area contributed by atoms with E-state index in [4.69, 9.17) is 28.9 Å². The topological polar surface area (TPSA) is 29.3 Å². The molecule has 0 atom stereocenters. The maximum Gasteiger partial charge on any atom is 0.0746 e. The van der Waals surface area contributed by atoms with Gasteiger partial charge in [0.25, 0.3) is 0 Å². The van der Waals surface area contributed by atoms with E-state index in [0.717, 1.165) is 5.69 Å². The van der Waals surface area contributed by atoms with Gasteiger partial charge < -0.3 is 10.6 Å². The first kappa shape index (κ1) is 12.8. The molecular formula is C13H18Cl2N2. The van der Waals surface area contributed by atoms with Crippen molar-refractivity contribution in [2.45, 2.75) is 38.1 Å². The number of nitrogen functional groups attached to an aromatic ring is 1. The van der Waals surface area contributed by atoms with E-state index in [1.807, 2.05) is 0 Å². The lowest BCUT2D eigenvalue weighted by Crippen LogP contribution is -2.33. The lowest BCUT2D eigenvalue weighted by atomic mass is 9.94. The van der Waals surface area contributed by atoms with E-state index >= 15 is 0 Å². The zero-order chi connectivity index (χ0) is 12.4. The van der Waals surface area contributed by atoms with Gasteiger partial charge in [-0.1, -0.05) is 42.5 Å². The molecule has 0 amide bonds. The van der Waals surface area contributed by atoms with Gasteiger partial charge in [0.2, 0.25) is 0 Å². The second-order valence-corrected chi connectivity index (χ2v) is 5.55. The quantitative estimate of drug-likeness (QED) is 0.812. The van der Waals surface area contributed by atoms with Crippen molar-refractivity contribution in [1.29, 1.82) is 0 Å². The van der Waals surface area contributed by atoms with Crippen LogP contribution < -0.4 is 10.6 Å². The average Bonchev–Trinajstić information content (AvgIpc) is 2.28. The van der Waals surface area contributed by atoms with Crippen LogP contribution in [0.3, 0.4) is 0 Å². The minimum Gasteiger partial charge on any atom is -0.399 e. The van der Waals surface area contributed by atoms with E-state index in [9.17, 15) is 0 Å². The van der Waals surface area contributed by atoms with Crippen LogP contribution in [0.2, 0.25) is 10.0 Å². The Kier molecular flexibility index (Phi) is 4.05. The average molecular weight is 273 g/mol. The van der Waals surface area contributed by atoms with Crippen LogP contribution in [-0.2, 0) is 0 Å². The third-order valence-electron chi connectivity index (χ3n) is 3.51. The van der Waals surface area contributed by atoms with Crippen LogP contribution in [-0.4, -0.2) is 13.1 Å². The van der Waals surface area contributed by atoms with Gasteiger partial charge in [0, 0.05) is 18.8 Å². The Balaban J connectivity index is 2.26. The smallest absolute Gasteiger partial charge is 0.0746 e. The maximum absolute atomic E-state index is 6.24. The molecule has 1 aromatic rings. The highest BCUT2D eigenvalue weighted by molar-refractivity contribution is 6.39. The Morgan fingerprint density at radius 1 is 1.12 bits per heavy atom. The number of anilines is 2. The summed E-state index contributed by atoms with van der Waals surface area (Å²) < 4.78 is 0. The fourth-order valence-electron chi connectivity index (χ4n) is 2.57. The highest BCUT2D eigenvalue weighted by atomic mass is 35.5. The van der Waals surface area contributed by atoms with E-state index in [0.29, 0.717) is 21.8 Å². The van der Waals surface area contributed by atoms with Crippen LogP contribution in [0, 0.1) is 0 Å². The molecule has 2 rings (SSSR count). The Hall–Kier alpha value is -0.600. The van der Waals surface area contributed by atoms with Gasteiger partial charge in [-0.3, -0.25) is 0 Å². The third kappa shape index (κ3) is 2.80. The van der Waals surface area contributed by atoms with Crippen molar-refractivity contribution < 1.29 is 0 Å². The van der Waals surface area contributed by atoms with Crippen molar-refractivity contribution in [3.05, 3.63) is 22.2 Å². The standard InChI is InChI=1S/C13H18Cl2N2/c1-17(10-5-3-2-4-6-10)13-11(14)7-9(16)8-12(13)15/h7-8,10H,2-6,16H2,1H3. The molecule has 0 spiro atoms. The van der Waals surface area contributed by atoms with Gasteiger partial charge in [-0.25, -0.2) is 0 Å². The summed E-state index contributed by atoms with van der Waals surface area (Å²) in [5.41, 5.74) is 7.24. The first-order chi connectivity index (χ1) is 8.09. The van der Waals surface area contributed by atoms with Gasteiger partial charge in [0.15, 0.2) is 0 Å². The zero-order valence-electron chi connectivity index (χ0n) is 10.0. The molecule has 0 bridgehead atoms. The van der Waals surface area contributed by atoms with Crippen molar-refractivity contribution in [2.24, 2.45) is 0 Å². The minimum atomic E-state index is 0.544. The van der Waals surface area contributed by atoms with Crippen molar-refractivity contribution >= 4 is 34.6 Å². The zero-order valence-corrected chi connectivity index (χ0v) is 11.6. The molecule has 1 aliphatic carbocycles. The normalized spacial score (nSPS) is 17.1. The van der Waals surface area contributed by atoms with E-state index < -0.39 is 0 Å². The Morgan fingerprint density at radius 2 is 1.65 bits per heavy atom. The van der Waals surface area contributed by atoms with Crippen molar-refractivity contribution in [1.82, 2.24) is 0 Å². The molecule has 94 valence electrons. The molecule has 1 aliphatic rings. The first-order valence-electron chi connectivity index (χ1n) is 6.07. The SMILES string of the molecule is CN(c1c(Cl)cc(N)cc1Cl)C1CCCCC1. The molecule has 0 unspecified atom stereocenters. The second-order valence-electron chi connectivity index (χ2n) is 4.74. The molecule has 1 fully saturated rings. The summed E-state index contributed by atoms with van der Waals surface area (Å²) in [5.74, 6) is 0. The van der Waals surface area contributed by atoms with E-state index in [-0.39, 0.29) is 0 Å². The molecule has 0 heterocycles. The van der Waals surface area contributed by atoms with Crippen molar-refractivity contribution in [3.63, 3.8) is 0 Å². The van der Waals surface area contributed by atoms with Gasteiger partial charge in [0.05, 0.1) is 15.7 Å². The van der Waals surface area contributed by atoms with Crippen LogP contribution in [0.4, 0.5) is 11.4 Å². The summed E-state index contributed by atoms with van der Waals surface area (Å²) in [6, 6.07) is 4.08. The summed E-state index contributed by atoms with van der Waals surface area (Å²) in [4.78, 5) is 2.21. The maximum atomic E-state index is 6.24. The van der Waals surface area contributed by atoms with Crippen LogP contribution in [0.15, 0.2) is 12.1 Å². The fourth-order valence-corrected chi connectivity index (χ4v) is 3.34. The molecule has 2 nitrogen and oxygen atoms in total. The Morgan fingerprint density at radius 3 is 2.18 bits per heavy atom. The lowest BCUT2D eigenvalue weighted by molar-refractivity contribution is 0.427. The van der Waals surface area contributed by atoms with Crippen LogP contribution in [0.25, 0.3) is 0 Å². The summed E-state index contributed by atoms with van der Waals surface area (Å²) in [5, 5.41) is 1.28. The minimum absolute atomic E-state index is 0.544. The summed E-state index contributed by atoms with van der Waals surface area (Å²) in [6.07, 6.45) is 6.35. The molecule has 0 saturated heterocycles. The van der Waals surface area contributed by atoms with Gasteiger partial charge in [-0.05, 0) is 25.0 Å². The molecule has 0 aromatic heterocycles. The van der Waals surface area contributed by atoms with E-state index in [2.05, 4.69) is 11.9 Å². The molecule has 0 radical (unpaired) electrons. The summed E-state index contributed by atoms with van der Waals surface area (Å²) >= 11 is 12.5. The van der Waals surface area contributed by atoms with Gasteiger partial charge >= 0.3 is 0 Å². The Labute approximate surface area is 113 Å². The number of nitrogens with zero attached hydrogens (tertiary/aromatic N) is 1. The Bertz CT molecular complexity index is 377. The molecule has 0 aliphatic heterocycles. The molecule has 1 saturated carbocycles. The predicted octanol–water partition coefficient (Wildman–Crippen LogP) is 4.34. The van der Waals surface area contributed by atoms with Crippen LogP contribution in [0.5, 0.6) is 0 Å². The van der Waals surface area contributed by atoms with E-state index in [1.165, 1.54) is 32.1 Å². The monoisotopic (exact) mass is 272 g/mol. The van der Waals surface area contributed by atoms with Crippen molar-refractivity contribution in [3.8, 4) is 0 Å². The van der Waals surface area contributed by atoms with Gasteiger partial charge in [0.1, 0.15) is 0 Å². The molecule has 17 heavy (non-hydrogen) atoms. The third-order valence-corrected chi connectivity index (χ3v) is 4.09. The van der Waals surface area contributed by atoms with Gasteiger partial charge in [-0.2, -0.15) is 0 Å². The largest absolute Gasteiger partial charge is 0.399 e. The number of hydrogen-bond acceptors (Lipinski definition) is 2. The summed E-state index contributed by atoms with van der Waals surface area (Å²) in [6.45, 7) is 0. The predicted molar refractivity (Wildman–Crippen MR) is 76.2 cm³/mol. The van der Waals surface area contributed by atoms with Crippen LogP contribution >= 0.6 is 23.2 Å². The number of hydrogen-bond donors (Lipinski definition) is 1. The second kappa shape index (κ2) is 5.36. The molecule has 2 N–H and O–H groups in total. The van der Waals surface area contributed by atoms with E-state index in [1.54, 1.807) is 12.1 Å². The van der Waals surface area contributed by atoms with Crippen molar-refractivity contribution in [2.75, 3.05) is 17.7 Å². The number of nitrogens with two attached hydrogens (primary N) is 1. The lowest BCUT2D eigenvalue weighted by Gasteiger charge is -2.34. The van der Waals surface area contributed by atoms with Crippen LogP contribution in [0.1, 0.15) is 32.1 Å². The number of benzene rings is 1. The fraction of sp³-hybridized carbons (Fsp3) is 0.538. The van der Waals surface area contributed by atoms with Gasteiger partial charge in [-0.15, -0.1) is 0 Å². The highest BCUT2D eigenvalue weighted by Gasteiger charge is 2.22. The molecule has 1 aromatic carbocycles. The number of halogens is 2. The first-order valence-corrected chi connectivity index (χ1v) is 6.82.